The Hall–Kier alpha value is -0.160. The molecule has 0 saturated heterocycles. The van der Waals surface area contributed by atoms with Gasteiger partial charge in [-0.2, -0.15) is 0 Å². The van der Waals surface area contributed by atoms with Crippen molar-refractivity contribution in [1.29, 1.82) is 0 Å². The number of aliphatic hydroxyl groups is 4. The summed E-state index contributed by atoms with van der Waals surface area (Å²) in [5.74, 6) is 0. The molecule has 0 aliphatic heterocycles. The Morgan fingerprint density at radius 1 is 0.889 bits per heavy atom. The molecule has 0 rings (SSSR count). The van der Waals surface area contributed by atoms with Crippen LogP contribution in [0.3, 0.4) is 0 Å². The Bertz CT molecular complexity index is 185. The summed E-state index contributed by atoms with van der Waals surface area (Å²) in [6.07, 6.45) is 7.24. The maximum atomic E-state index is 10.2. The first kappa shape index (κ1) is 17.8. The van der Waals surface area contributed by atoms with Crippen molar-refractivity contribution in [1.82, 2.24) is 0 Å². The highest BCUT2D eigenvalue weighted by molar-refractivity contribution is 4.77. The fraction of sp³-hybridized carbons (Fsp3) is 1.00. The summed E-state index contributed by atoms with van der Waals surface area (Å²) < 4.78 is 0. The van der Waals surface area contributed by atoms with Crippen molar-refractivity contribution in [3.63, 3.8) is 0 Å². The van der Waals surface area contributed by atoms with Crippen molar-refractivity contribution < 1.29 is 20.4 Å². The van der Waals surface area contributed by atoms with Crippen molar-refractivity contribution in [3.05, 3.63) is 0 Å². The van der Waals surface area contributed by atoms with Gasteiger partial charge in [0.1, 0.15) is 0 Å². The molecule has 0 aliphatic rings. The van der Waals surface area contributed by atoms with E-state index in [1.165, 1.54) is 12.8 Å². The summed E-state index contributed by atoms with van der Waals surface area (Å²) in [5.41, 5.74) is -0.939. The lowest BCUT2D eigenvalue weighted by Gasteiger charge is -2.26. The SMILES string of the molecule is CCCCCCC(O)(CO)CCCCCC(O)O. The normalized spacial score (nSPS) is 15.0. The molecule has 1 atom stereocenters. The molecule has 4 heteroatoms. The molecule has 0 bridgehead atoms. The predicted molar refractivity (Wildman–Crippen MR) is 72.1 cm³/mol. The van der Waals surface area contributed by atoms with Crippen LogP contribution in [0.2, 0.25) is 0 Å². The van der Waals surface area contributed by atoms with E-state index in [1.54, 1.807) is 0 Å². The van der Waals surface area contributed by atoms with Crippen LogP contribution < -0.4 is 0 Å². The van der Waals surface area contributed by atoms with Crippen molar-refractivity contribution >= 4 is 0 Å². The number of aliphatic hydroxyl groups excluding tert-OH is 2. The van der Waals surface area contributed by atoms with Crippen LogP contribution in [0.25, 0.3) is 0 Å². The van der Waals surface area contributed by atoms with Gasteiger partial charge in [-0.15, -0.1) is 0 Å². The van der Waals surface area contributed by atoms with Gasteiger partial charge in [0.05, 0.1) is 12.2 Å². The van der Waals surface area contributed by atoms with E-state index in [0.29, 0.717) is 19.3 Å². The van der Waals surface area contributed by atoms with Crippen molar-refractivity contribution in [3.8, 4) is 0 Å². The zero-order valence-corrected chi connectivity index (χ0v) is 11.6. The van der Waals surface area contributed by atoms with E-state index in [9.17, 15) is 10.2 Å². The molecule has 0 amide bonds. The highest BCUT2D eigenvalue weighted by Crippen LogP contribution is 2.22. The van der Waals surface area contributed by atoms with E-state index in [4.69, 9.17) is 10.2 Å². The van der Waals surface area contributed by atoms with Crippen LogP contribution >= 0.6 is 0 Å². The lowest BCUT2D eigenvalue weighted by molar-refractivity contribution is -0.0479. The van der Waals surface area contributed by atoms with Crippen LogP contribution in [0.15, 0.2) is 0 Å². The van der Waals surface area contributed by atoms with Crippen LogP contribution in [0.5, 0.6) is 0 Å². The van der Waals surface area contributed by atoms with Crippen LogP contribution in [0, 0.1) is 0 Å². The van der Waals surface area contributed by atoms with Crippen molar-refractivity contribution in [2.45, 2.75) is 83.0 Å². The van der Waals surface area contributed by atoms with Gasteiger partial charge in [-0.25, -0.2) is 0 Å². The van der Waals surface area contributed by atoms with Crippen LogP contribution in [-0.4, -0.2) is 38.9 Å². The highest BCUT2D eigenvalue weighted by Gasteiger charge is 2.24. The lowest BCUT2D eigenvalue weighted by Crippen LogP contribution is -2.33. The minimum atomic E-state index is -1.23. The third-order valence-corrected chi connectivity index (χ3v) is 3.39. The largest absolute Gasteiger partial charge is 0.393 e. The molecule has 4 nitrogen and oxygen atoms in total. The topological polar surface area (TPSA) is 80.9 Å². The Balaban J connectivity index is 3.65. The Morgan fingerprint density at radius 2 is 1.44 bits per heavy atom. The smallest absolute Gasteiger partial charge is 0.151 e. The van der Waals surface area contributed by atoms with Gasteiger partial charge in [-0.1, -0.05) is 45.4 Å². The first-order valence-corrected chi connectivity index (χ1v) is 7.23. The maximum Gasteiger partial charge on any atom is 0.151 e. The minimum Gasteiger partial charge on any atom is -0.393 e. The third kappa shape index (κ3) is 9.83. The summed E-state index contributed by atoms with van der Waals surface area (Å²) >= 11 is 0. The van der Waals surface area contributed by atoms with E-state index < -0.39 is 11.9 Å². The molecule has 110 valence electrons. The van der Waals surface area contributed by atoms with E-state index in [2.05, 4.69) is 6.92 Å². The molecular formula is C14H30O4. The van der Waals surface area contributed by atoms with Crippen LogP contribution in [0.1, 0.15) is 71.1 Å². The average molecular weight is 262 g/mol. The molecular weight excluding hydrogens is 232 g/mol. The van der Waals surface area contributed by atoms with E-state index in [-0.39, 0.29) is 6.61 Å². The first-order chi connectivity index (χ1) is 8.54. The molecule has 0 aromatic heterocycles. The second-order valence-corrected chi connectivity index (χ2v) is 5.27. The summed E-state index contributed by atoms with van der Waals surface area (Å²) in [6.45, 7) is 1.97. The quantitative estimate of drug-likeness (QED) is 0.320. The molecule has 1 unspecified atom stereocenters. The lowest BCUT2D eigenvalue weighted by atomic mass is 9.90. The summed E-state index contributed by atoms with van der Waals surface area (Å²) in [4.78, 5) is 0. The highest BCUT2D eigenvalue weighted by atomic mass is 16.5. The van der Waals surface area contributed by atoms with Gasteiger partial charge < -0.3 is 20.4 Å². The van der Waals surface area contributed by atoms with E-state index in [0.717, 1.165) is 32.1 Å². The Morgan fingerprint density at radius 3 is 1.89 bits per heavy atom. The van der Waals surface area contributed by atoms with Gasteiger partial charge >= 0.3 is 0 Å². The zero-order chi connectivity index (χ0) is 13.9. The molecule has 0 spiro atoms. The summed E-state index contributed by atoms with van der Waals surface area (Å²) in [6, 6.07) is 0. The molecule has 0 aromatic carbocycles. The molecule has 0 fully saturated rings. The average Bonchev–Trinajstić information content (AvgIpc) is 2.34. The van der Waals surface area contributed by atoms with E-state index >= 15 is 0 Å². The summed E-state index contributed by atoms with van der Waals surface area (Å²) in [5, 5.41) is 36.8. The van der Waals surface area contributed by atoms with Crippen molar-refractivity contribution in [2.24, 2.45) is 0 Å². The van der Waals surface area contributed by atoms with Gasteiger partial charge in [-0.3, -0.25) is 0 Å². The van der Waals surface area contributed by atoms with Crippen LogP contribution in [0.4, 0.5) is 0 Å². The molecule has 0 radical (unpaired) electrons. The molecule has 0 heterocycles. The Kier molecular flexibility index (Phi) is 10.6. The molecule has 4 N–H and O–H groups in total. The van der Waals surface area contributed by atoms with Gasteiger partial charge in [-0.05, 0) is 25.7 Å². The molecule has 18 heavy (non-hydrogen) atoms. The molecule has 0 aliphatic carbocycles. The fourth-order valence-electron chi connectivity index (χ4n) is 2.12. The van der Waals surface area contributed by atoms with Crippen molar-refractivity contribution in [2.75, 3.05) is 6.61 Å². The van der Waals surface area contributed by atoms with Gasteiger partial charge in [0.2, 0.25) is 0 Å². The summed E-state index contributed by atoms with van der Waals surface area (Å²) in [7, 11) is 0. The van der Waals surface area contributed by atoms with Crippen LogP contribution in [-0.2, 0) is 0 Å². The van der Waals surface area contributed by atoms with E-state index in [1.807, 2.05) is 0 Å². The number of hydrogen-bond acceptors (Lipinski definition) is 4. The Labute approximate surface area is 111 Å². The van der Waals surface area contributed by atoms with Gasteiger partial charge in [0.15, 0.2) is 6.29 Å². The number of rotatable bonds is 12. The van der Waals surface area contributed by atoms with Gasteiger partial charge in [0, 0.05) is 0 Å². The first-order valence-electron chi connectivity index (χ1n) is 7.23. The second kappa shape index (κ2) is 10.7. The number of hydrogen-bond donors (Lipinski definition) is 4. The monoisotopic (exact) mass is 262 g/mol. The maximum absolute atomic E-state index is 10.2. The minimum absolute atomic E-state index is 0.179. The third-order valence-electron chi connectivity index (χ3n) is 3.39. The molecule has 0 saturated carbocycles. The molecule has 0 aromatic rings. The number of unbranched alkanes of at least 4 members (excludes halogenated alkanes) is 5. The zero-order valence-electron chi connectivity index (χ0n) is 11.6. The predicted octanol–water partition coefficient (Wildman–Crippen LogP) is 1.94. The fourth-order valence-corrected chi connectivity index (χ4v) is 2.12. The second-order valence-electron chi connectivity index (χ2n) is 5.27. The van der Waals surface area contributed by atoms with Gasteiger partial charge in [0.25, 0.3) is 0 Å². The standard InChI is InChI=1S/C14H30O4/c1-2-3-4-7-10-14(18,12-15)11-8-5-6-9-13(16)17/h13,15-18H,2-12H2,1H3.